The molecule has 0 spiro atoms. The lowest BCUT2D eigenvalue weighted by molar-refractivity contribution is -0.120. The Labute approximate surface area is 164 Å². The minimum atomic E-state index is -0.323. The molecule has 0 bridgehead atoms. The van der Waals surface area contributed by atoms with Crippen LogP contribution in [0.1, 0.15) is 16.1 Å². The van der Waals surface area contributed by atoms with Crippen molar-refractivity contribution >= 4 is 40.2 Å². The van der Waals surface area contributed by atoms with E-state index in [0.717, 1.165) is 16.9 Å². The van der Waals surface area contributed by atoms with Crippen molar-refractivity contribution in [3.8, 4) is 5.75 Å². The first-order valence-corrected chi connectivity index (χ1v) is 9.15. The van der Waals surface area contributed by atoms with Crippen LogP contribution in [0.4, 0.5) is 5.13 Å². The highest BCUT2D eigenvalue weighted by atomic mass is 35.5. The molecule has 9 heteroatoms. The lowest BCUT2D eigenvalue weighted by Gasteiger charge is -2.09. The van der Waals surface area contributed by atoms with Crippen molar-refractivity contribution in [3.63, 3.8) is 0 Å². The van der Waals surface area contributed by atoms with Gasteiger partial charge in [0.05, 0.1) is 12.6 Å². The largest absolute Gasteiger partial charge is 0.488 e. The number of nitrogens with two attached hydrogens (primary N) is 1. The average Bonchev–Trinajstić information content (AvgIpc) is 3.06. The molecule has 0 aliphatic heterocycles. The van der Waals surface area contributed by atoms with Gasteiger partial charge < -0.3 is 10.5 Å². The van der Waals surface area contributed by atoms with E-state index in [0.29, 0.717) is 33.1 Å². The summed E-state index contributed by atoms with van der Waals surface area (Å²) in [6.07, 6.45) is 1.54. The lowest BCUT2D eigenvalue weighted by Crippen LogP contribution is -2.19. The van der Waals surface area contributed by atoms with Crippen LogP contribution >= 0.6 is 22.9 Å². The summed E-state index contributed by atoms with van der Waals surface area (Å²) >= 11 is 7.22. The number of benzene rings is 2. The molecule has 0 atom stereocenters. The van der Waals surface area contributed by atoms with Gasteiger partial charge in [-0.1, -0.05) is 53.3 Å². The number of ether oxygens (including phenoxy) is 1. The Morgan fingerprint density at radius 3 is 2.81 bits per heavy atom. The van der Waals surface area contributed by atoms with Crippen LogP contribution in [0, 0.1) is 0 Å². The summed E-state index contributed by atoms with van der Waals surface area (Å²) in [5.41, 5.74) is 9.62. The maximum absolute atomic E-state index is 11.9. The SMILES string of the molecule is Nc1nnc(CC(=O)N/N=C\c2cc(Cl)ccc2OCc2ccccc2)s1. The van der Waals surface area contributed by atoms with Gasteiger partial charge in [-0.15, -0.1) is 10.2 Å². The van der Waals surface area contributed by atoms with Crippen molar-refractivity contribution < 1.29 is 9.53 Å². The maximum Gasteiger partial charge on any atom is 0.247 e. The highest BCUT2D eigenvalue weighted by Gasteiger charge is 2.08. The highest BCUT2D eigenvalue weighted by Crippen LogP contribution is 2.22. The number of hydrogen-bond donors (Lipinski definition) is 2. The number of hydrazone groups is 1. The molecule has 0 aliphatic carbocycles. The Morgan fingerprint density at radius 1 is 1.26 bits per heavy atom. The summed E-state index contributed by atoms with van der Waals surface area (Å²) in [6.45, 7) is 0.411. The van der Waals surface area contributed by atoms with E-state index in [4.69, 9.17) is 22.1 Å². The molecule has 1 heterocycles. The molecule has 3 aromatic rings. The van der Waals surface area contributed by atoms with Crippen LogP contribution in [0.15, 0.2) is 53.6 Å². The van der Waals surface area contributed by atoms with E-state index < -0.39 is 0 Å². The number of aromatic nitrogens is 2. The van der Waals surface area contributed by atoms with E-state index in [-0.39, 0.29) is 12.3 Å². The van der Waals surface area contributed by atoms with Gasteiger partial charge in [0.2, 0.25) is 11.0 Å². The minimum absolute atomic E-state index is 0.0547. The first kappa shape index (κ1) is 18.8. The Morgan fingerprint density at radius 2 is 2.07 bits per heavy atom. The van der Waals surface area contributed by atoms with E-state index >= 15 is 0 Å². The number of carbonyl (C=O) groups excluding carboxylic acids is 1. The molecule has 0 saturated carbocycles. The van der Waals surface area contributed by atoms with Crippen LogP contribution in [0.2, 0.25) is 5.02 Å². The molecule has 0 unspecified atom stereocenters. The van der Waals surface area contributed by atoms with E-state index in [1.165, 1.54) is 6.21 Å². The Balaban J connectivity index is 1.61. The summed E-state index contributed by atoms with van der Waals surface area (Å²) in [7, 11) is 0. The van der Waals surface area contributed by atoms with Crippen LogP contribution in [-0.2, 0) is 17.8 Å². The lowest BCUT2D eigenvalue weighted by atomic mass is 10.2. The third-order valence-electron chi connectivity index (χ3n) is 3.40. The maximum atomic E-state index is 11.9. The van der Waals surface area contributed by atoms with Gasteiger partial charge in [-0.3, -0.25) is 4.79 Å². The van der Waals surface area contributed by atoms with Crippen LogP contribution in [0.25, 0.3) is 0 Å². The first-order valence-electron chi connectivity index (χ1n) is 7.96. The van der Waals surface area contributed by atoms with E-state index in [9.17, 15) is 4.79 Å². The second-order valence-corrected chi connectivity index (χ2v) is 6.99. The Bertz CT molecular complexity index is 946. The summed E-state index contributed by atoms with van der Waals surface area (Å²) in [4.78, 5) is 11.9. The van der Waals surface area contributed by atoms with Crippen molar-refractivity contribution in [1.29, 1.82) is 0 Å². The van der Waals surface area contributed by atoms with Crippen molar-refractivity contribution in [3.05, 3.63) is 69.7 Å². The summed E-state index contributed by atoms with van der Waals surface area (Å²) in [5, 5.41) is 12.8. The van der Waals surface area contributed by atoms with Gasteiger partial charge in [-0.2, -0.15) is 5.10 Å². The number of nitrogens with one attached hydrogen (secondary N) is 1. The average molecular weight is 402 g/mol. The first-order chi connectivity index (χ1) is 13.1. The predicted molar refractivity (Wildman–Crippen MR) is 106 cm³/mol. The molecule has 0 aliphatic rings. The fourth-order valence-corrected chi connectivity index (χ4v) is 2.96. The number of halogens is 1. The van der Waals surface area contributed by atoms with Gasteiger partial charge >= 0.3 is 0 Å². The van der Waals surface area contributed by atoms with Gasteiger partial charge in [0.25, 0.3) is 0 Å². The second-order valence-electron chi connectivity index (χ2n) is 5.46. The number of rotatable bonds is 7. The van der Waals surface area contributed by atoms with E-state index in [1.54, 1.807) is 18.2 Å². The number of nitrogen functional groups attached to an aromatic ring is 1. The zero-order valence-corrected chi connectivity index (χ0v) is 15.7. The molecule has 7 nitrogen and oxygen atoms in total. The van der Waals surface area contributed by atoms with Gasteiger partial charge in [0, 0.05) is 10.6 Å². The molecular formula is C18H16ClN5O2S. The number of amides is 1. The fourth-order valence-electron chi connectivity index (χ4n) is 2.18. The molecule has 1 amide bonds. The van der Waals surface area contributed by atoms with Gasteiger partial charge in [0.1, 0.15) is 17.4 Å². The quantitative estimate of drug-likeness (QED) is 0.468. The monoisotopic (exact) mass is 401 g/mol. The highest BCUT2D eigenvalue weighted by molar-refractivity contribution is 7.15. The third-order valence-corrected chi connectivity index (χ3v) is 4.38. The standard InChI is InChI=1S/C18H16ClN5O2S/c19-14-6-7-15(26-11-12-4-2-1-3-5-12)13(8-14)10-21-22-16(25)9-17-23-24-18(20)27-17/h1-8,10H,9,11H2,(H2,20,24)(H,22,25)/b21-10-. The summed E-state index contributed by atoms with van der Waals surface area (Å²) < 4.78 is 5.84. The van der Waals surface area contributed by atoms with Crippen molar-refractivity contribution in [1.82, 2.24) is 15.6 Å². The number of carbonyl (C=O) groups is 1. The molecule has 2 aromatic carbocycles. The molecule has 27 heavy (non-hydrogen) atoms. The van der Waals surface area contributed by atoms with Gasteiger partial charge in [-0.05, 0) is 23.8 Å². The predicted octanol–water partition coefficient (Wildman–Crippen LogP) is 3.05. The normalized spacial score (nSPS) is 10.9. The molecule has 3 rings (SSSR count). The fraction of sp³-hybridized carbons (Fsp3) is 0.111. The van der Waals surface area contributed by atoms with Gasteiger partial charge in [-0.25, -0.2) is 5.43 Å². The molecular weight excluding hydrogens is 386 g/mol. The minimum Gasteiger partial charge on any atom is -0.488 e. The number of hydrogen-bond acceptors (Lipinski definition) is 7. The number of anilines is 1. The van der Waals surface area contributed by atoms with Gasteiger partial charge in [0.15, 0.2) is 0 Å². The molecule has 3 N–H and O–H groups in total. The van der Waals surface area contributed by atoms with E-state index in [1.807, 2.05) is 30.3 Å². The molecule has 0 radical (unpaired) electrons. The van der Waals surface area contributed by atoms with Crippen LogP contribution in [-0.4, -0.2) is 22.3 Å². The molecule has 1 aromatic heterocycles. The van der Waals surface area contributed by atoms with E-state index in [2.05, 4.69) is 20.7 Å². The Hall–Kier alpha value is -2.97. The molecule has 0 fully saturated rings. The smallest absolute Gasteiger partial charge is 0.247 e. The zero-order chi connectivity index (χ0) is 19.1. The van der Waals surface area contributed by atoms with Crippen molar-refractivity contribution in [2.45, 2.75) is 13.0 Å². The van der Waals surface area contributed by atoms with Crippen molar-refractivity contribution in [2.24, 2.45) is 5.10 Å². The van der Waals surface area contributed by atoms with Crippen LogP contribution in [0.5, 0.6) is 5.75 Å². The molecule has 138 valence electrons. The van der Waals surface area contributed by atoms with Crippen LogP contribution < -0.4 is 15.9 Å². The third kappa shape index (κ3) is 5.77. The summed E-state index contributed by atoms with van der Waals surface area (Å²) in [6, 6.07) is 15.0. The summed E-state index contributed by atoms with van der Waals surface area (Å²) in [5.74, 6) is 0.286. The topological polar surface area (TPSA) is 102 Å². The molecule has 0 saturated heterocycles. The second kappa shape index (κ2) is 9.11. The van der Waals surface area contributed by atoms with Crippen molar-refractivity contribution in [2.75, 3.05) is 5.73 Å². The van der Waals surface area contributed by atoms with Crippen LogP contribution in [0.3, 0.4) is 0 Å². The zero-order valence-electron chi connectivity index (χ0n) is 14.1. The Kier molecular flexibility index (Phi) is 6.35. The number of nitrogens with zero attached hydrogens (tertiary/aromatic N) is 3.